The van der Waals surface area contributed by atoms with Crippen LogP contribution in [0.25, 0.3) is 11.2 Å². The van der Waals surface area contributed by atoms with Crippen molar-refractivity contribution < 1.29 is 9.18 Å². The van der Waals surface area contributed by atoms with E-state index in [1.807, 2.05) is 34.9 Å². The predicted molar refractivity (Wildman–Crippen MR) is 151 cm³/mol. The first-order chi connectivity index (χ1) is 19.5. The molecule has 0 radical (unpaired) electrons. The molecule has 2 aliphatic heterocycles. The van der Waals surface area contributed by atoms with Crippen molar-refractivity contribution in [2.75, 3.05) is 38.0 Å². The Labute approximate surface area is 235 Å². The molecule has 0 bridgehead atoms. The molecule has 6 rings (SSSR count). The Morgan fingerprint density at radius 2 is 2.10 bits per heavy atom. The van der Waals surface area contributed by atoms with Gasteiger partial charge in [-0.3, -0.25) is 19.1 Å². The maximum atomic E-state index is 13.8. The van der Waals surface area contributed by atoms with E-state index in [4.69, 9.17) is 4.98 Å². The highest BCUT2D eigenvalue weighted by molar-refractivity contribution is 7.10. The molecule has 4 aromatic heterocycles. The van der Waals surface area contributed by atoms with Crippen molar-refractivity contribution in [1.29, 1.82) is 0 Å². The highest BCUT2D eigenvalue weighted by Gasteiger charge is 2.20. The Morgan fingerprint density at radius 1 is 1.23 bits per heavy atom. The van der Waals surface area contributed by atoms with Gasteiger partial charge in [0.1, 0.15) is 5.00 Å². The average Bonchev–Trinajstić information content (AvgIpc) is 3.70. The molecule has 1 fully saturated rings. The molecule has 0 atom stereocenters. The number of amides is 1. The SMILES string of the molecule is Cc1cn2c(C3=CN(CCNC(=O)c4ccncc4F)NC3)cnc2c(Nc2cc(CN3CCCCC3)ns2)n1. The molecule has 0 aromatic carbocycles. The second-order valence-electron chi connectivity index (χ2n) is 10.0. The Bertz CT molecular complexity index is 1540. The minimum atomic E-state index is -0.638. The van der Waals surface area contributed by atoms with E-state index in [0.29, 0.717) is 25.5 Å². The second-order valence-corrected chi connectivity index (χ2v) is 10.8. The molecule has 4 aromatic rings. The maximum absolute atomic E-state index is 13.8. The number of aryl methyl sites for hydroxylation is 1. The van der Waals surface area contributed by atoms with Gasteiger partial charge in [-0.1, -0.05) is 6.42 Å². The number of rotatable bonds is 9. The van der Waals surface area contributed by atoms with Crippen molar-refractivity contribution in [3.8, 4) is 0 Å². The number of hydrogen-bond donors (Lipinski definition) is 3. The van der Waals surface area contributed by atoms with Crippen molar-refractivity contribution in [2.45, 2.75) is 32.7 Å². The molecular weight excluding hydrogens is 531 g/mol. The summed E-state index contributed by atoms with van der Waals surface area (Å²) < 4.78 is 20.5. The fourth-order valence-corrected chi connectivity index (χ4v) is 5.71. The average molecular weight is 563 g/mol. The lowest BCUT2D eigenvalue weighted by atomic mass is 10.1. The molecule has 208 valence electrons. The fourth-order valence-electron chi connectivity index (χ4n) is 5.05. The summed E-state index contributed by atoms with van der Waals surface area (Å²) >= 11 is 1.44. The van der Waals surface area contributed by atoms with E-state index in [-0.39, 0.29) is 5.56 Å². The maximum Gasteiger partial charge on any atom is 0.254 e. The highest BCUT2D eigenvalue weighted by atomic mass is 32.1. The number of aromatic nitrogens is 5. The number of pyridine rings is 1. The summed E-state index contributed by atoms with van der Waals surface area (Å²) in [6.45, 7) is 6.58. The number of halogens is 1. The summed E-state index contributed by atoms with van der Waals surface area (Å²) in [7, 11) is 0. The summed E-state index contributed by atoms with van der Waals surface area (Å²) in [6, 6.07) is 3.47. The standard InChI is InChI=1S/C27H31FN10OS/c1-18-15-38-23(19-12-32-37(16-19)10-7-30-27(39)21-5-6-29-13-22(21)28)14-31-26(38)25(33-18)34-24-11-20(35-40-24)17-36-8-3-2-4-9-36/h5-6,11,13-16,32H,2-4,7-10,12,17H2,1H3,(H,30,39)(H,33,34). The van der Waals surface area contributed by atoms with Crippen LogP contribution < -0.4 is 16.1 Å². The van der Waals surface area contributed by atoms with Crippen LogP contribution in [0, 0.1) is 12.7 Å². The first-order valence-corrected chi connectivity index (χ1v) is 14.2. The highest BCUT2D eigenvalue weighted by Crippen LogP contribution is 2.27. The zero-order valence-corrected chi connectivity index (χ0v) is 23.0. The Hall–Kier alpha value is -3.94. The van der Waals surface area contributed by atoms with Crippen LogP contribution in [0.5, 0.6) is 0 Å². The Morgan fingerprint density at radius 3 is 2.95 bits per heavy atom. The molecule has 13 heteroatoms. The van der Waals surface area contributed by atoms with E-state index in [1.165, 1.54) is 43.1 Å². The number of carbonyl (C=O) groups is 1. The van der Waals surface area contributed by atoms with E-state index in [0.717, 1.165) is 59.1 Å². The van der Waals surface area contributed by atoms with Crippen LogP contribution in [-0.4, -0.2) is 72.3 Å². The molecule has 1 amide bonds. The summed E-state index contributed by atoms with van der Waals surface area (Å²) in [5.74, 6) is -0.414. The van der Waals surface area contributed by atoms with Crippen LogP contribution in [0.3, 0.4) is 0 Å². The molecule has 0 spiro atoms. The van der Waals surface area contributed by atoms with E-state index in [1.54, 1.807) is 0 Å². The zero-order valence-electron chi connectivity index (χ0n) is 22.2. The smallest absolute Gasteiger partial charge is 0.254 e. The second kappa shape index (κ2) is 11.7. The van der Waals surface area contributed by atoms with Crippen molar-refractivity contribution in [3.05, 3.63) is 71.6 Å². The van der Waals surface area contributed by atoms with Gasteiger partial charge < -0.3 is 15.6 Å². The van der Waals surface area contributed by atoms with Crippen LogP contribution in [0.1, 0.15) is 46.7 Å². The monoisotopic (exact) mass is 562 g/mol. The van der Waals surface area contributed by atoms with E-state index >= 15 is 0 Å². The van der Waals surface area contributed by atoms with Gasteiger partial charge in [-0.15, -0.1) is 0 Å². The van der Waals surface area contributed by atoms with Crippen LogP contribution in [-0.2, 0) is 6.54 Å². The number of piperidine rings is 1. The summed E-state index contributed by atoms with van der Waals surface area (Å²) in [5, 5.41) is 9.04. The predicted octanol–water partition coefficient (Wildman–Crippen LogP) is 3.35. The third kappa shape index (κ3) is 5.81. The third-order valence-corrected chi connectivity index (χ3v) is 7.76. The lowest BCUT2D eigenvalue weighted by Crippen LogP contribution is -2.37. The number of likely N-dealkylation sites (tertiary alicyclic amines) is 1. The van der Waals surface area contributed by atoms with Crippen LogP contribution >= 0.6 is 11.5 Å². The lowest BCUT2D eigenvalue weighted by Gasteiger charge is -2.25. The molecule has 6 heterocycles. The molecular formula is C27H31FN10OS. The van der Waals surface area contributed by atoms with Crippen LogP contribution in [0.2, 0.25) is 0 Å². The number of carbonyl (C=O) groups excluding carboxylic acids is 1. The Kier molecular flexibility index (Phi) is 7.66. The molecule has 40 heavy (non-hydrogen) atoms. The summed E-state index contributed by atoms with van der Waals surface area (Å²) in [5.41, 5.74) is 7.98. The van der Waals surface area contributed by atoms with Crippen molar-refractivity contribution in [1.82, 2.24) is 44.4 Å². The van der Waals surface area contributed by atoms with Gasteiger partial charge in [-0.25, -0.2) is 19.8 Å². The number of anilines is 2. The van der Waals surface area contributed by atoms with Gasteiger partial charge in [0.05, 0.1) is 41.6 Å². The molecule has 0 saturated carbocycles. The molecule has 1 saturated heterocycles. The summed E-state index contributed by atoms with van der Waals surface area (Å²) in [6.07, 6.45) is 12.1. The lowest BCUT2D eigenvalue weighted by molar-refractivity contribution is 0.0945. The number of hydrogen-bond acceptors (Lipinski definition) is 10. The van der Waals surface area contributed by atoms with E-state index < -0.39 is 11.7 Å². The van der Waals surface area contributed by atoms with Gasteiger partial charge in [0.2, 0.25) is 0 Å². The first kappa shape index (κ1) is 26.3. The van der Waals surface area contributed by atoms with Gasteiger partial charge in [-0.05, 0) is 56.5 Å². The van der Waals surface area contributed by atoms with Crippen LogP contribution in [0.4, 0.5) is 15.2 Å². The van der Waals surface area contributed by atoms with Gasteiger partial charge in [0.15, 0.2) is 17.3 Å². The van der Waals surface area contributed by atoms with Gasteiger partial charge >= 0.3 is 0 Å². The van der Waals surface area contributed by atoms with Crippen LogP contribution in [0.15, 0.2) is 43.1 Å². The molecule has 0 unspecified atom stereocenters. The largest absolute Gasteiger partial charge is 0.350 e. The topological polar surface area (TPSA) is 116 Å². The van der Waals surface area contributed by atoms with Crippen molar-refractivity contribution in [2.24, 2.45) is 0 Å². The quantitative estimate of drug-likeness (QED) is 0.282. The van der Waals surface area contributed by atoms with E-state index in [9.17, 15) is 9.18 Å². The number of hydrazine groups is 1. The molecule has 11 nitrogen and oxygen atoms in total. The van der Waals surface area contributed by atoms with Crippen molar-refractivity contribution >= 4 is 39.5 Å². The van der Waals surface area contributed by atoms with Crippen molar-refractivity contribution in [3.63, 3.8) is 0 Å². The minimum absolute atomic E-state index is 0.0173. The fraction of sp³-hybridized carbons (Fsp3) is 0.370. The van der Waals surface area contributed by atoms with Gasteiger partial charge in [0, 0.05) is 43.8 Å². The van der Waals surface area contributed by atoms with E-state index in [2.05, 4.69) is 41.4 Å². The molecule has 3 N–H and O–H groups in total. The zero-order chi connectivity index (χ0) is 27.5. The number of imidazole rings is 1. The van der Waals surface area contributed by atoms with Gasteiger partial charge in [-0.2, -0.15) is 4.37 Å². The Balaban J connectivity index is 1.11. The molecule has 2 aliphatic rings. The normalized spacial score (nSPS) is 15.9. The van der Waals surface area contributed by atoms with Gasteiger partial charge in [0.25, 0.3) is 5.91 Å². The molecule has 0 aliphatic carbocycles. The third-order valence-electron chi connectivity index (χ3n) is 7.02. The first-order valence-electron chi connectivity index (χ1n) is 13.4. The minimum Gasteiger partial charge on any atom is -0.350 e. The number of nitrogens with one attached hydrogen (secondary N) is 3. The summed E-state index contributed by atoms with van der Waals surface area (Å²) in [4.78, 5) is 27.8. The number of fused-ring (bicyclic) bond motifs is 1. The number of nitrogens with zero attached hydrogens (tertiary/aromatic N) is 7.